The van der Waals surface area contributed by atoms with Gasteiger partial charge in [0.25, 0.3) is 0 Å². The molecular formula is C30H28O4P2. The molecule has 0 radical (unpaired) electrons. The molecule has 0 heterocycles. The zero-order valence-electron chi connectivity index (χ0n) is 19.9. The lowest BCUT2D eigenvalue weighted by atomic mass is 10.2. The minimum atomic E-state index is -3.49. The van der Waals surface area contributed by atoms with Crippen molar-refractivity contribution in [2.75, 3.05) is 0 Å². The maximum Gasteiger partial charge on any atom is 0.205 e. The Morgan fingerprint density at radius 3 is 0.861 bits per heavy atom. The van der Waals surface area contributed by atoms with Crippen LogP contribution in [0.4, 0.5) is 0 Å². The lowest BCUT2D eigenvalue weighted by Gasteiger charge is -2.19. The third kappa shape index (κ3) is 5.26. The standard InChI is InChI=1S/C30H28O4P2/c31-29(35(33,25-15-5-1-6-16-25)26-17-7-2-8-18-26)23-13-14-24-30(32)36(34,27-19-9-3-10-20-27)28-21-11-4-12-22-28/h1-12,15-22H,13-14,23-24H2. The van der Waals surface area contributed by atoms with E-state index in [-0.39, 0.29) is 23.9 Å². The monoisotopic (exact) mass is 514 g/mol. The van der Waals surface area contributed by atoms with Gasteiger partial charge in [0.2, 0.25) is 14.3 Å². The van der Waals surface area contributed by atoms with E-state index in [1.807, 2.05) is 24.3 Å². The van der Waals surface area contributed by atoms with E-state index in [9.17, 15) is 18.7 Å². The Hall–Kier alpha value is -3.32. The molecule has 0 aliphatic heterocycles. The number of unbranched alkanes of at least 4 members (excludes halogenated alkanes) is 1. The summed E-state index contributed by atoms with van der Waals surface area (Å²) in [6.45, 7) is 0. The van der Waals surface area contributed by atoms with Crippen molar-refractivity contribution in [3.05, 3.63) is 121 Å². The number of hydrogen-bond donors (Lipinski definition) is 0. The Kier molecular flexibility index (Phi) is 8.31. The maximum atomic E-state index is 14.1. The van der Waals surface area contributed by atoms with Gasteiger partial charge in [-0.25, -0.2) is 0 Å². The molecule has 4 aromatic carbocycles. The largest absolute Gasteiger partial charge is 0.306 e. The predicted molar refractivity (Wildman–Crippen MR) is 148 cm³/mol. The molecule has 0 aliphatic carbocycles. The first-order valence-corrected chi connectivity index (χ1v) is 15.4. The summed E-state index contributed by atoms with van der Waals surface area (Å²) in [5.74, 6) is 0. The molecule has 36 heavy (non-hydrogen) atoms. The van der Waals surface area contributed by atoms with Crippen molar-refractivity contribution in [2.24, 2.45) is 0 Å². The van der Waals surface area contributed by atoms with Crippen LogP contribution in [-0.2, 0) is 18.7 Å². The smallest absolute Gasteiger partial charge is 0.205 e. The first-order chi connectivity index (χ1) is 17.5. The average molecular weight is 514 g/mol. The van der Waals surface area contributed by atoms with Crippen LogP contribution in [0.2, 0.25) is 0 Å². The molecular weight excluding hydrogens is 486 g/mol. The molecule has 0 N–H and O–H groups in total. The van der Waals surface area contributed by atoms with Crippen molar-refractivity contribution in [1.82, 2.24) is 0 Å². The van der Waals surface area contributed by atoms with Crippen LogP contribution >= 0.6 is 14.3 Å². The molecule has 0 bridgehead atoms. The molecule has 4 aromatic rings. The van der Waals surface area contributed by atoms with Crippen molar-refractivity contribution in [3.63, 3.8) is 0 Å². The highest BCUT2D eigenvalue weighted by atomic mass is 31.2. The van der Waals surface area contributed by atoms with E-state index in [0.717, 1.165) is 0 Å². The predicted octanol–water partition coefficient (Wildman–Crippen LogP) is 5.63. The zero-order valence-corrected chi connectivity index (χ0v) is 21.7. The van der Waals surface area contributed by atoms with E-state index in [1.54, 1.807) is 97.1 Å². The van der Waals surface area contributed by atoms with Crippen LogP contribution in [0.25, 0.3) is 0 Å². The summed E-state index contributed by atoms with van der Waals surface area (Å²) in [7, 11) is -6.97. The van der Waals surface area contributed by atoms with E-state index in [2.05, 4.69) is 0 Å². The summed E-state index contributed by atoms with van der Waals surface area (Å²) in [5, 5.41) is 2.04. The molecule has 0 spiro atoms. The fourth-order valence-electron chi connectivity index (χ4n) is 4.29. The summed E-state index contributed by atoms with van der Waals surface area (Å²) in [4.78, 5) is 26.7. The lowest BCUT2D eigenvalue weighted by molar-refractivity contribution is -0.113. The van der Waals surface area contributed by atoms with Crippen LogP contribution in [-0.4, -0.2) is 11.0 Å². The van der Waals surface area contributed by atoms with Gasteiger partial charge < -0.3 is 9.13 Å². The van der Waals surface area contributed by atoms with Crippen LogP contribution in [0.1, 0.15) is 25.7 Å². The van der Waals surface area contributed by atoms with Crippen LogP contribution in [0.15, 0.2) is 121 Å². The molecule has 0 saturated heterocycles. The quantitative estimate of drug-likeness (QED) is 0.192. The second-order valence-corrected chi connectivity index (χ2v) is 14.1. The number of hydrogen-bond acceptors (Lipinski definition) is 4. The highest BCUT2D eigenvalue weighted by Gasteiger charge is 2.36. The Balaban J connectivity index is 1.49. The highest BCUT2D eigenvalue weighted by molar-refractivity contribution is 7.93. The van der Waals surface area contributed by atoms with E-state index in [1.165, 1.54) is 0 Å². The molecule has 6 heteroatoms. The second-order valence-electron chi connectivity index (χ2n) is 8.56. The molecule has 0 aromatic heterocycles. The van der Waals surface area contributed by atoms with Gasteiger partial charge in [0.1, 0.15) is 0 Å². The van der Waals surface area contributed by atoms with Crippen LogP contribution < -0.4 is 21.2 Å². The first-order valence-electron chi connectivity index (χ1n) is 12.0. The number of carbonyl (C=O) groups excluding carboxylic acids is 2. The molecule has 4 rings (SSSR count). The van der Waals surface area contributed by atoms with Gasteiger partial charge in [-0.1, -0.05) is 121 Å². The summed E-state index contributed by atoms with van der Waals surface area (Å²) < 4.78 is 28.2. The summed E-state index contributed by atoms with van der Waals surface area (Å²) >= 11 is 0. The van der Waals surface area contributed by atoms with E-state index >= 15 is 0 Å². The Bertz CT molecular complexity index is 1200. The summed E-state index contributed by atoms with van der Waals surface area (Å²) in [5.41, 5.74) is -0.664. The van der Waals surface area contributed by atoms with E-state index < -0.39 is 14.3 Å². The number of rotatable bonds is 11. The zero-order chi connectivity index (χ0) is 25.4. The van der Waals surface area contributed by atoms with Gasteiger partial charge in [-0.3, -0.25) is 9.59 Å². The van der Waals surface area contributed by atoms with Gasteiger partial charge in [-0.05, 0) is 12.8 Å². The second kappa shape index (κ2) is 11.6. The normalized spacial score (nSPS) is 11.7. The minimum absolute atomic E-state index is 0.0787. The van der Waals surface area contributed by atoms with Crippen molar-refractivity contribution < 1.29 is 18.7 Å². The Morgan fingerprint density at radius 1 is 0.417 bits per heavy atom. The lowest BCUT2D eigenvalue weighted by Crippen LogP contribution is -2.23. The van der Waals surface area contributed by atoms with Gasteiger partial charge >= 0.3 is 0 Å². The van der Waals surface area contributed by atoms with E-state index in [0.29, 0.717) is 34.1 Å². The molecule has 0 saturated carbocycles. The SMILES string of the molecule is O=C(CCCCC(=O)P(=O)(c1ccccc1)c1ccccc1)P(=O)(c1ccccc1)c1ccccc1. The molecule has 0 atom stereocenters. The Labute approximate surface area is 212 Å². The first kappa shape index (κ1) is 25.8. The van der Waals surface area contributed by atoms with Gasteiger partial charge in [0, 0.05) is 34.1 Å². The highest BCUT2D eigenvalue weighted by Crippen LogP contribution is 2.47. The average Bonchev–Trinajstić information content (AvgIpc) is 2.96. The fraction of sp³-hybridized carbons (Fsp3) is 0.133. The van der Waals surface area contributed by atoms with Gasteiger partial charge in [-0.15, -0.1) is 0 Å². The topological polar surface area (TPSA) is 68.3 Å². The molecule has 4 nitrogen and oxygen atoms in total. The molecule has 182 valence electrons. The van der Waals surface area contributed by atoms with Gasteiger partial charge in [-0.2, -0.15) is 0 Å². The summed E-state index contributed by atoms with van der Waals surface area (Å²) in [6.07, 6.45) is 0.931. The van der Waals surface area contributed by atoms with E-state index in [4.69, 9.17) is 0 Å². The molecule has 0 amide bonds. The van der Waals surface area contributed by atoms with Crippen molar-refractivity contribution in [2.45, 2.75) is 25.7 Å². The Morgan fingerprint density at radius 2 is 0.639 bits per heavy atom. The molecule has 0 unspecified atom stereocenters. The number of benzene rings is 4. The number of carbonyl (C=O) groups is 2. The summed E-state index contributed by atoms with van der Waals surface area (Å²) in [6, 6.07) is 35.4. The fourth-order valence-corrected chi connectivity index (χ4v) is 9.36. The third-order valence-electron chi connectivity index (χ3n) is 6.21. The van der Waals surface area contributed by atoms with Gasteiger partial charge in [0.15, 0.2) is 11.0 Å². The van der Waals surface area contributed by atoms with Crippen molar-refractivity contribution in [3.8, 4) is 0 Å². The van der Waals surface area contributed by atoms with Crippen molar-refractivity contribution >= 4 is 46.6 Å². The minimum Gasteiger partial charge on any atom is -0.306 e. The van der Waals surface area contributed by atoms with Crippen LogP contribution in [0.5, 0.6) is 0 Å². The maximum absolute atomic E-state index is 14.1. The molecule has 0 aliphatic rings. The van der Waals surface area contributed by atoms with Gasteiger partial charge in [0.05, 0.1) is 0 Å². The van der Waals surface area contributed by atoms with Crippen molar-refractivity contribution in [1.29, 1.82) is 0 Å². The third-order valence-corrected chi connectivity index (χ3v) is 12.2. The molecule has 0 fully saturated rings. The van der Waals surface area contributed by atoms with Crippen LogP contribution in [0, 0.1) is 0 Å². The van der Waals surface area contributed by atoms with Crippen LogP contribution in [0.3, 0.4) is 0 Å².